The van der Waals surface area contributed by atoms with E-state index in [0.29, 0.717) is 12.0 Å². The van der Waals surface area contributed by atoms with Crippen molar-refractivity contribution in [2.45, 2.75) is 37.7 Å². The average molecular weight is 293 g/mol. The second-order valence-electron chi connectivity index (χ2n) is 5.01. The van der Waals surface area contributed by atoms with Crippen LogP contribution in [0.3, 0.4) is 0 Å². The van der Waals surface area contributed by atoms with Crippen LogP contribution in [0, 0.1) is 0 Å². The summed E-state index contributed by atoms with van der Waals surface area (Å²) in [7, 11) is 0. The Morgan fingerprint density at radius 2 is 2.00 bits per heavy atom. The van der Waals surface area contributed by atoms with Crippen molar-refractivity contribution in [3.8, 4) is 5.88 Å². The molecule has 0 saturated heterocycles. The van der Waals surface area contributed by atoms with Gasteiger partial charge in [-0.05, 0) is 37.8 Å². The summed E-state index contributed by atoms with van der Waals surface area (Å²) in [4.78, 5) is 0. The molecule has 0 atom stereocenters. The van der Waals surface area contributed by atoms with Gasteiger partial charge in [-0.15, -0.1) is 0 Å². The van der Waals surface area contributed by atoms with Crippen molar-refractivity contribution in [2.75, 3.05) is 0 Å². The van der Waals surface area contributed by atoms with Gasteiger partial charge in [0.2, 0.25) is 5.88 Å². The summed E-state index contributed by atoms with van der Waals surface area (Å²) in [6, 6.07) is 6.29. The minimum absolute atomic E-state index is 0.404. The van der Waals surface area contributed by atoms with Crippen LogP contribution in [0.2, 0.25) is 0 Å². The monoisotopic (exact) mass is 292 g/mol. The van der Waals surface area contributed by atoms with Crippen LogP contribution in [0.15, 0.2) is 22.7 Å². The van der Waals surface area contributed by atoms with Gasteiger partial charge in [0.05, 0.1) is 11.2 Å². The smallest absolute Gasteiger partial charge is 0.216 e. The summed E-state index contributed by atoms with van der Waals surface area (Å²) in [6.45, 7) is 0. The lowest BCUT2D eigenvalue weighted by atomic mass is 10.3. The van der Waals surface area contributed by atoms with Crippen molar-refractivity contribution in [1.29, 1.82) is 0 Å². The molecule has 88 valence electrons. The summed E-state index contributed by atoms with van der Waals surface area (Å²) in [5.41, 5.74) is 2.33. The highest BCUT2D eigenvalue weighted by molar-refractivity contribution is 9.10. The molecule has 0 amide bonds. The van der Waals surface area contributed by atoms with Crippen molar-refractivity contribution in [3.63, 3.8) is 0 Å². The first kappa shape index (κ1) is 9.95. The lowest BCUT2D eigenvalue weighted by molar-refractivity contribution is 0.283. The predicted octanol–water partition coefficient (Wildman–Crippen LogP) is 3.52. The first-order valence-corrected chi connectivity index (χ1v) is 6.95. The maximum atomic E-state index is 5.90. The molecule has 0 radical (unpaired) electrons. The largest absolute Gasteiger partial charge is 0.474 e. The van der Waals surface area contributed by atoms with Crippen molar-refractivity contribution in [2.24, 2.45) is 0 Å². The summed E-state index contributed by atoms with van der Waals surface area (Å²) in [6.07, 6.45) is 5.31. The van der Waals surface area contributed by atoms with Gasteiger partial charge in [-0.1, -0.05) is 15.9 Å². The third kappa shape index (κ3) is 1.84. The zero-order chi connectivity index (χ0) is 11.4. The van der Waals surface area contributed by atoms with Crippen LogP contribution in [0.5, 0.6) is 5.88 Å². The number of rotatable bonds is 3. The number of aromatic nitrogens is 2. The van der Waals surface area contributed by atoms with E-state index in [0.717, 1.165) is 15.9 Å². The third-order valence-electron chi connectivity index (χ3n) is 3.32. The molecule has 0 aliphatic heterocycles. The quantitative estimate of drug-likeness (QED) is 0.865. The first-order chi connectivity index (χ1) is 8.29. The molecule has 0 spiro atoms. The molecule has 0 unspecified atom stereocenters. The van der Waals surface area contributed by atoms with E-state index in [1.165, 1.54) is 31.4 Å². The highest BCUT2D eigenvalue weighted by Gasteiger charge is 2.28. The van der Waals surface area contributed by atoms with Gasteiger partial charge in [0.15, 0.2) is 0 Å². The van der Waals surface area contributed by atoms with Gasteiger partial charge >= 0.3 is 0 Å². The molecule has 0 N–H and O–H groups in total. The lowest BCUT2D eigenvalue weighted by Gasteiger charge is -2.07. The van der Waals surface area contributed by atoms with Crippen LogP contribution in [-0.4, -0.2) is 15.7 Å². The van der Waals surface area contributed by atoms with E-state index in [4.69, 9.17) is 4.74 Å². The molecule has 2 aromatic heterocycles. The van der Waals surface area contributed by atoms with Crippen LogP contribution >= 0.6 is 15.9 Å². The number of nitrogens with zero attached hydrogens (tertiary/aromatic N) is 2. The van der Waals surface area contributed by atoms with Gasteiger partial charge in [-0.25, -0.2) is 4.52 Å². The first-order valence-electron chi connectivity index (χ1n) is 6.15. The van der Waals surface area contributed by atoms with Gasteiger partial charge in [-0.2, -0.15) is 5.10 Å². The molecule has 3 nitrogen and oxygen atoms in total. The number of hydrogen-bond donors (Lipinski definition) is 0. The summed E-state index contributed by atoms with van der Waals surface area (Å²) >= 11 is 3.53. The lowest BCUT2D eigenvalue weighted by Crippen LogP contribution is -2.02. The molecular weight excluding hydrogens is 280 g/mol. The van der Waals surface area contributed by atoms with Crippen molar-refractivity contribution >= 4 is 21.4 Å². The average Bonchev–Trinajstić information content (AvgIpc) is 3.18. The van der Waals surface area contributed by atoms with Gasteiger partial charge in [0.1, 0.15) is 6.10 Å². The zero-order valence-corrected chi connectivity index (χ0v) is 11.0. The number of hydrogen-bond acceptors (Lipinski definition) is 2. The van der Waals surface area contributed by atoms with Crippen molar-refractivity contribution in [1.82, 2.24) is 9.61 Å². The fourth-order valence-corrected chi connectivity index (χ4v) is 2.51. The summed E-state index contributed by atoms with van der Waals surface area (Å²) in [5.74, 6) is 1.55. The van der Waals surface area contributed by atoms with E-state index < -0.39 is 0 Å². The maximum Gasteiger partial charge on any atom is 0.216 e. The summed E-state index contributed by atoms with van der Waals surface area (Å²) in [5, 5.41) is 4.67. The van der Waals surface area contributed by atoms with Crippen LogP contribution in [-0.2, 0) is 0 Å². The van der Waals surface area contributed by atoms with Crippen LogP contribution in [0.4, 0.5) is 0 Å². The fraction of sp³-hybridized carbons (Fsp3) is 0.462. The Labute approximate surface area is 108 Å². The van der Waals surface area contributed by atoms with E-state index >= 15 is 0 Å². The predicted molar refractivity (Wildman–Crippen MR) is 68.5 cm³/mol. The van der Waals surface area contributed by atoms with E-state index in [-0.39, 0.29) is 0 Å². The van der Waals surface area contributed by atoms with Crippen LogP contribution in [0.25, 0.3) is 5.52 Å². The summed E-state index contributed by atoms with van der Waals surface area (Å²) < 4.78 is 8.90. The number of fused-ring (bicyclic) bond motifs is 1. The van der Waals surface area contributed by atoms with E-state index in [9.17, 15) is 0 Å². The maximum absolute atomic E-state index is 5.90. The molecule has 0 aromatic carbocycles. The molecule has 17 heavy (non-hydrogen) atoms. The molecule has 2 saturated carbocycles. The van der Waals surface area contributed by atoms with Gasteiger partial charge in [-0.3, -0.25) is 0 Å². The van der Waals surface area contributed by atoms with E-state index in [1.54, 1.807) is 0 Å². The number of pyridine rings is 1. The standard InChI is InChI=1S/C13H13BrN2O/c14-9-5-10-7-12(8-1-2-8)15-16(10)13(6-9)17-11-3-4-11/h5-8,11H,1-4H2. The second kappa shape index (κ2) is 3.48. The Balaban J connectivity index is 1.84. The third-order valence-corrected chi connectivity index (χ3v) is 3.78. The van der Waals surface area contributed by atoms with E-state index in [2.05, 4.69) is 33.2 Å². The molecule has 2 fully saturated rings. The topological polar surface area (TPSA) is 26.5 Å². The molecule has 4 rings (SSSR count). The molecule has 2 aromatic rings. The highest BCUT2D eigenvalue weighted by atomic mass is 79.9. The van der Waals surface area contributed by atoms with Crippen LogP contribution in [0.1, 0.15) is 37.3 Å². The van der Waals surface area contributed by atoms with Crippen molar-refractivity contribution < 1.29 is 4.74 Å². The molecular formula is C13H13BrN2O. The molecule has 2 aliphatic rings. The Bertz CT molecular complexity index is 584. The zero-order valence-electron chi connectivity index (χ0n) is 9.40. The second-order valence-corrected chi connectivity index (χ2v) is 5.92. The van der Waals surface area contributed by atoms with Gasteiger partial charge in [0, 0.05) is 16.5 Å². The Morgan fingerprint density at radius 3 is 2.71 bits per heavy atom. The minimum atomic E-state index is 0.404. The molecule has 2 aliphatic carbocycles. The fourth-order valence-electron chi connectivity index (χ4n) is 2.08. The normalized spacial score (nSPS) is 19.8. The van der Waals surface area contributed by atoms with E-state index in [1.807, 2.05) is 10.6 Å². The number of halogens is 1. The highest BCUT2D eigenvalue weighted by Crippen LogP contribution is 2.40. The number of ether oxygens (including phenoxy) is 1. The molecule has 4 heteroatoms. The van der Waals surface area contributed by atoms with Crippen LogP contribution < -0.4 is 4.74 Å². The Hall–Kier alpha value is -1.03. The SMILES string of the molecule is Brc1cc(OC2CC2)n2nc(C3CC3)cc2c1. The molecule has 2 heterocycles. The molecule has 0 bridgehead atoms. The Morgan fingerprint density at radius 1 is 1.18 bits per heavy atom. The Kier molecular flexibility index (Phi) is 2.04. The van der Waals surface area contributed by atoms with Crippen molar-refractivity contribution in [3.05, 3.63) is 28.4 Å². The minimum Gasteiger partial charge on any atom is -0.474 e. The van der Waals surface area contributed by atoms with Gasteiger partial charge < -0.3 is 4.74 Å². The van der Waals surface area contributed by atoms with Gasteiger partial charge in [0.25, 0.3) is 0 Å².